The van der Waals surface area contributed by atoms with Crippen molar-refractivity contribution in [1.29, 1.82) is 0 Å². The van der Waals surface area contributed by atoms with E-state index in [1.54, 1.807) is 0 Å². The van der Waals surface area contributed by atoms with Gasteiger partial charge < -0.3 is 10.6 Å². The van der Waals surface area contributed by atoms with Crippen molar-refractivity contribution < 1.29 is 4.79 Å². The average molecular weight is 158 g/mol. The number of primary amides is 1. The van der Waals surface area contributed by atoms with E-state index in [9.17, 15) is 0 Å². The number of hydrogen-bond acceptors (Lipinski definition) is 2. The molecule has 3 nitrogen and oxygen atoms in total. The molecule has 0 unspecified atom stereocenters. The van der Waals surface area contributed by atoms with E-state index in [1.165, 1.54) is 25.9 Å². The maximum Gasteiger partial charge on any atom is 0.204 e. The SMILES string of the molecule is CC1CCN(C)CC1.NC=O. The van der Waals surface area contributed by atoms with Crippen LogP contribution in [-0.4, -0.2) is 31.4 Å². The fourth-order valence-electron chi connectivity index (χ4n) is 1.14. The van der Waals surface area contributed by atoms with Crippen molar-refractivity contribution >= 4 is 6.41 Å². The van der Waals surface area contributed by atoms with Gasteiger partial charge >= 0.3 is 0 Å². The molecule has 0 bridgehead atoms. The molecule has 3 heteroatoms. The third-order valence-electron chi connectivity index (χ3n) is 2.01. The molecule has 1 aliphatic heterocycles. The highest BCUT2D eigenvalue weighted by Gasteiger charge is 2.10. The smallest absolute Gasteiger partial charge is 0.204 e. The van der Waals surface area contributed by atoms with E-state index in [1.807, 2.05) is 0 Å². The van der Waals surface area contributed by atoms with Crippen molar-refractivity contribution in [1.82, 2.24) is 4.90 Å². The van der Waals surface area contributed by atoms with Crippen LogP contribution in [-0.2, 0) is 4.79 Å². The summed E-state index contributed by atoms with van der Waals surface area (Å²) in [6.07, 6.45) is 3.05. The summed E-state index contributed by atoms with van der Waals surface area (Å²) in [5, 5.41) is 0. The van der Waals surface area contributed by atoms with Crippen LogP contribution in [0.5, 0.6) is 0 Å². The summed E-state index contributed by atoms with van der Waals surface area (Å²) in [4.78, 5) is 11.0. The van der Waals surface area contributed by atoms with Crippen LogP contribution < -0.4 is 5.73 Å². The minimum Gasteiger partial charge on any atom is -0.372 e. The number of carbonyl (C=O) groups excluding carboxylic acids is 1. The minimum atomic E-state index is 0.250. The lowest BCUT2D eigenvalue weighted by Crippen LogP contribution is -2.28. The molecule has 1 aliphatic rings. The Morgan fingerprint density at radius 1 is 1.45 bits per heavy atom. The maximum atomic E-state index is 8.58. The standard InChI is InChI=1S/C7H15N.CH3NO/c1-7-3-5-8(2)6-4-7;2-1-3/h7H,3-6H2,1-2H3;1H,(H2,2,3). The first-order chi connectivity index (χ1) is 5.20. The van der Waals surface area contributed by atoms with Gasteiger partial charge in [0.25, 0.3) is 0 Å². The lowest BCUT2D eigenvalue weighted by atomic mass is 10.00. The number of nitrogens with two attached hydrogens (primary N) is 1. The van der Waals surface area contributed by atoms with Gasteiger partial charge in [-0.05, 0) is 38.9 Å². The van der Waals surface area contributed by atoms with E-state index >= 15 is 0 Å². The number of nitrogens with zero attached hydrogens (tertiary/aromatic N) is 1. The van der Waals surface area contributed by atoms with Crippen LogP contribution in [0.4, 0.5) is 0 Å². The summed E-state index contributed by atoms with van der Waals surface area (Å²) in [6.45, 7) is 4.95. The normalized spacial score (nSPS) is 20.2. The molecule has 0 radical (unpaired) electrons. The van der Waals surface area contributed by atoms with Crippen LogP contribution >= 0.6 is 0 Å². The maximum absolute atomic E-state index is 8.58. The molecule has 1 saturated heterocycles. The summed E-state index contributed by atoms with van der Waals surface area (Å²) < 4.78 is 0. The molecule has 0 aromatic carbocycles. The summed E-state index contributed by atoms with van der Waals surface area (Å²) in [5.74, 6) is 0.978. The van der Waals surface area contributed by atoms with Crippen LogP contribution in [0.15, 0.2) is 0 Å². The minimum absolute atomic E-state index is 0.250. The van der Waals surface area contributed by atoms with Crippen LogP contribution in [0.25, 0.3) is 0 Å². The molecule has 0 aromatic rings. The molecule has 2 N–H and O–H groups in total. The predicted octanol–water partition coefficient (Wildman–Crippen LogP) is 0.450. The third kappa shape index (κ3) is 5.85. The topological polar surface area (TPSA) is 46.3 Å². The Morgan fingerprint density at radius 3 is 2.09 bits per heavy atom. The van der Waals surface area contributed by atoms with Gasteiger partial charge in [0, 0.05) is 0 Å². The Labute approximate surface area is 68.6 Å². The van der Waals surface area contributed by atoms with Gasteiger partial charge in [0.2, 0.25) is 6.41 Å². The Balaban J connectivity index is 0.000000292. The molecule has 66 valence electrons. The van der Waals surface area contributed by atoms with Gasteiger partial charge in [-0.3, -0.25) is 4.79 Å². The van der Waals surface area contributed by atoms with Gasteiger partial charge in [-0.25, -0.2) is 0 Å². The Hall–Kier alpha value is -0.570. The van der Waals surface area contributed by atoms with Crippen molar-refractivity contribution in [2.24, 2.45) is 11.7 Å². The highest BCUT2D eigenvalue weighted by atomic mass is 16.1. The lowest BCUT2D eigenvalue weighted by Gasteiger charge is -2.26. The zero-order chi connectivity index (χ0) is 8.69. The molecule has 1 heterocycles. The van der Waals surface area contributed by atoms with Crippen LogP contribution in [0, 0.1) is 5.92 Å². The van der Waals surface area contributed by atoms with Gasteiger partial charge in [0.05, 0.1) is 0 Å². The molecule has 1 rings (SSSR count). The number of piperidine rings is 1. The molecular formula is C8H18N2O. The second-order valence-electron chi connectivity index (χ2n) is 3.12. The van der Waals surface area contributed by atoms with Crippen molar-refractivity contribution in [3.8, 4) is 0 Å². The number of rotatable bonds is 0. The van der Waals surface area contributed by atoms with Gasteiger partial charge in [-0.2, -0.15) is 0 Å². The fourth-order valence-corrected chi connectivity index (χ4v) is 1.14. The van der Waals surface area contributed by atoms with E-state index in [0.29, 0.717) is 0 Å². The molecule has 0 aliphatic carbocycles. The van der Waals surface area contributed by atoms with E-state index in [0.717, 1.165) is 5.92 Å². The number of carbonyl (C=O) groups is 1. The first-order valence-electron chi connectivity index (χ1n) is 4.04. The van der Waals surface area contributed by atoms with Crippen LogP contribution in [0.2, 0.25) is 0 Å². The summed E-state index contributed by atoms with van der Waals surface area (Å²) >= 11 is 0. The van der Waals surface area contributed by atoms with Crippen LogP contribution in [0.3, 0.4) is 0 Å². The monoisotopic (exact) mass is 158 g/mol. The quantitative estimate of drug-likeness (QED) is 0.520. The Morgan fingerprint density at radius 2 is 1.82 bits per heavy atom. The predicted molar refractivity (Wildman–Crippen MR) is 46.1 cm³/mol. The van der Waals surface area contributed by atoms with E-state index in [-0.39, 0.29) is 6.41 Å². The van der Waals surface area contributed by atoms with Gasteiger partial charge in [0.15, 0.2) is 0 Å². The molecule has 0 aromatic heterocycles. The van der Waals surface area contributed by atoms with Gasteiger partial charge in [-0.15, -0.1) is 0 Å². The highest BCUT2D eigenvalue weighted by Crippen LogP contribution is 2.13. The second-order valence-corrected chi connectivity index (χ2v) is 3.12. The second kappa shape index (κ2) is 6.16. The molecular weight excluding hydrogens is 140 g/mol. The summed E-state index contributed by atoms with van der Waals surface area (Å²) in [6, 6.07) is 0. The Bertz CT molecular complexity index is 88.3. The molecule has 0 spiro atoms. The molecule has 1 fully saturated rings. The lowest BCUT2D eigenvalue weighted by molar-refractivity contribution is -0.106. The molecule has 0 saturated carbocycles. The highest BCUT2D eigenvalue weighted by molar-refractivity contribution is 5.42. The number of hydrogen-bond donors (Lipinski definition) is 1. The van der Waals surface area contributed by atoms with E-state index < -0.39 is 0 Å². The molecule has 1 amide bonds. The zero-order valence-electron chi connectivity index (χ0n) is 7.42. The van der Waals surface area contributed by atoms with Gasteiger partial charge in [-0.1, -0.05) is 6.92 Å². The summed E-state index contributed by atoms with van der Waals surface area (Å²) in [7, 11) is 2.20. The van der Waals surface area contributed by atoms with Gasteiger partial charge in [0.1, 0.15) is 0 Å². The average Bonchev–Trinajstić information content (AvgIpc) is 1.97. The molecule has 0 atom stereocenters. The van der Waals surface area contributed by atoms with Crippen molar-refractivity contribution in [3.05, 3.63) is 0 Å². The molecule has 11 heavy (non-hydrogen) atoms. The zero-order valence-corrected chi connectivity index (χ0v) is 7.42. The van der Waals surface area contributed by atoms with E-state index in [2.05, 4.69) is 24.6 Å². The van der Waals surface area contributed by atoms with Crippen molar-refractivity contribution in [2.75, 3.05) is 20.1 Å². The van der Waals surface area contributed by atoms with E-state index in [4.69, 9.17) is 4.79 Å². The Kier molecular flexibility index (Phi) is 5.84. The first kappa shape index (κ1) is 10.4. The largest absolute Gasteiger partial charge is 0.372 e. The summed E-state index contributed by atoms with van der Waals surface area (Å²) in [5.41, 5.74) is 4.17. The number of amides is 1. The van der Waals surface area contributed by atoms with Crippen LogP contribution in [0.1, 0.15) is 19.8 Å². The third-order valence-corrected chi connectivity index (χ3v) is 2.01. The first-order valence-corrected chi connectivity index (χ1v) is 4.04. The fraction of sp³-hybridized carbons (Fsp3) is 0.875. The van der Waals surface area contributed by atoms with Crippen molar-refractivity contribution in [3.63, 3.8) is 0 Å². The number of likely N-dealkylation sites (tertiary alicyclic amines) is 1. The van der Waals surface area contributed by atoms with Crippen molar-refractivity contribution in [2.45, 2.75) is 19.8 Å².